The maximum atomic E-state index is 12.6. The molecule has 0 saturated carbocycles. The third-order valence-corrected chi connectivity index (χ3v) is 6.64. The van der Waals surface area contributed by atoms with E-state index in [2.05, 4.69) is 78.3 Å². The van der Waals surface area contributed by atoms with Gasteiger partial charge in [-0.15, -0.1) is 0 Å². The maximum absolute atomic E-state index is 12.6. The van der Waals surface area contributed by atoms with Gasteiger partial charge in [-0.1, -0.05) is 91.9 Å². The van der Waals surface area contributed by atoms with Gasteiger partial charge in [0.1, 0.15) is 5.75 Å². The van der Waals surface area contributed by atoms with E-state index in [0.717, 1.165) is 67.0 Å². The largest absolute Gasteiger partial charge is 0.497 e. The number of amides is 2. The van der Waals surface area contributed by atoms with Crippen molar-refractivity contribution in [2.75, 3.05) is 20.2 Å². The van der Waals surface area contributed by atoms with Gasteiger partial charge >= 0.3 is 0 Å². The molecule has 5 heteroatoms. The third-order valence-electron chi connectivity index (χ3n) is 6.64. The normalized spacial score (nSPS) is 12.9. The van der Waals surface area contributed by atoms with Crippen LogP contribution in [0.15, 0.2) is 97.2 Å². The molecule has 41 heavy (non-hydrogen) atoms. The topological polar surface area (TPSA) is 67.4 Å². The first-order valence-electron chi connectivity index (χ1n) is 14.9. The standard InChI is InChI=1S/C36H48N2O3/c1-4-5-6-7-8-9-10-11-12-13-14-15-16-17-18-19-20-21-35(39)37-26-27-38-36(40)30(2)31-22-23-33-29-34(41-3)25-24-32(33)28-31/h5-6,8-9,11-12,14-15,17-18,22-25,28-30H,4,7,10,13,16,19-21,26-27H2,1-3H3,(H,37,39)(H,38,40). The number of fused-ring (bicyclic) bond motifs is 1. The SMILES string of the molecule is CCC=CCC=CCC=CCC=CCC=CCCCC(=O)NCCNC(=O)C(C)c1ccc2cc(OC)ccc2c1. The van der Waals surface area contributed by atoms with Crippen LogP contribution in [0.25, 0.3) is 10.8 Å². The highest BCUT2D eigenvalue weighted by molar-refractivity contribution is 5.88. The molecule has 0 radical (unpaired) electrons. The first-order valence-corrected chi connectivity index (χ1v) is 14.9. The summed E-state index contributed by atoms with van der Waals surface area (Å²) in [6.07, 6.45) is 29.0. The molecular formula is C36H48N2O3. The summed E-state index contributed by atoms with van der Waals surface area (Å²) in [5, 5.41) is 7.96. The van der Waals surface area contributed by atoms with Gasteiger partial charge in [0.2, 0.25) is 11.8 Å². The molecule has 220 valence electrons. The molecule has 2 N–H and O–H groups in total. The van der Waals surface area contributed by atoms with Crippen molar-refractivity contribution in [2.45, 2.75) is 71.1 Å². The Balaban J connectivity index is 1.50. The summed E-state index contributed by atoms with van der Waals surface area (Å²) >= 11 is 0. The number of nitrogens with one attached hydrogen (secondary N) is 2. The molecule has 0 saturated heterocycles. The zero-order chi connectivity index (χ0) is 29.5. The average molecular weight is 557 g/mol. The van der Waals surface area contributed by atoms with Crippen LogP contribution in [0, 0.1) is 0 Å². The molecule has 0 bridgehead atoms. The van der Waals surface area contributed by atoms with Crippen molar-refractivity contribution in [3.8, 4) is 5.75 Å². The van der Waals surface area contributed by atoms with Crippen LogP contribution in [-0.4, -0.2) is 32.0 Å². The van der Waals surface area contributed by atoms with Gasteiger partial charge in [0.05, 0.1) is 13.0 Å². The number of ether oxygens (including phenoxy) is 1. The number of hydrogen-bond donors (Lipinski definition) is 2. The highest BCUT2D eigenvalue weighted by atomic mass is 16.5. The van der Waals surface area contributed by atoms with E-state index in [1.807, 2.05) is 43.3 Å². The van der Waals surface area contributed by atoms with E-state index in [-0.39, 0.29) is 17.7 Å². The van der Waals surface area contributed by atoms with Gasteiger partial charge in [-0.05, 0) is 80.3 Å². The van der Waals surface area contributed by atoms with Crippen LogP contribution in [-0.2, 0) is 9.59 Å². The summed E-state index contributed by atoms with van der Waals surface area (Å²) in [6, 6.07) is 11.9. The summed E-state index contributed by atoms with van der Waals surface area (Å²) in [7, 11) is 1.65. The minimum atomic E-state index is -0.277. The lowest BCUT2D eigenvalue weighted by Gasteiger charge is -2.14. The van der Waals surface area contributed by atoms with Gasteiger partial charge < -0.3 is 15.4 Å². The quantitative estimate of drug-likeness (QED) is 0.136. The Morgan fingerprint density at radius 2 is 1.32 bits per heavy atom. The Labute approximate surface area is 247 Å². The molecule has 2 amide bonds. The maximum Gasteiger partial charge on any atom is 0.227 e. The number of allylic oxidation sites excluding steroid dienone is 10. The molecule has 0 heterocycles. The predicted molar refractivity (Wildman–Crippen MR) is 173 cm³/mol. The highest BCUT2D eigenvalue weighted by Gasteiger charge is 2.15. The molecule has 0 spiro atoms. The second-order valence-electron chi connectivity index (χ2n) is 9.94. The molecule has 5 nitrogen and oxygen atoms in total. The molecule has 2 rings (SSSR count). The van der Waals surface area contributed by atoms with Gasteiger partial charge in [-0.25, -0.2) is 0 Å². The first-order chi connectivity index (χ1) is 20.0. The van der Waals surface area contributed by atoms with E-state index >= 15 is 0 Å². The minimum absolute atomic E-state index is 0.0182. The summed E-state index contributed by atoms with van der Waals surface area (Å²) < 4.78 is 5.28. The van der Waals surface area contributed by atoms with Crippen molar-refractivity contribution < 1.29 is 14.3 Å². The lowest BCUT2D eigenvalue weighted by atomic mass is 9.97. The number of carbonyl (C=O) groups is 2. The van der Waals surface area contributed by atoms with E-state index in [1.54, 1.807) is 7.11 Å². The number of benzene rings is 2. The van der Waals surface area contributed by atoms with Gasteiger partial charge in [0.25, 0.3) is 0 Å². The van der Waals surface area contributed by atoms with Gasteiger partial charge in [-0.2, -0.15) is 0 Å². The lowest BCUT2D eigenvalue weighted by Crippen LogP contribution is -2.36. The van der Waals surface area contributed by atoms with E-state index in [0.29, 0.717) is 19.5 Å². The van der Waals surface area contributed by atoms with Crippen LogP contribution in [0.4, 0.5) is 0 Å². The summed E-state index contributed by atoms with van der Waals surface area (Å²) in [5.41, 5.74) is 0.958. The van der Waals surface area contributed by atoms with Crippen molar-refractivity contribution in [3.05, 3.63) is 103 Å². The molecular weight excluding hydrogens is 508 g/mol. The van der Waals surface area contributed by atoms with E-state index in [9.17, 15) is 9.59 Å². The summed E-state index contributed by atoms with van der Waals surface area (Å²) in [6.45, 7) is 4.88. The van der Waals surface area contributed by atoms with Crippen LogP contribution >= 0.6 is 0 Å². The van der Waals surface area contributed by atoms with E-state index in [1.165, 1.54) is 0 Å². The molecule has 0 aliphatic rings. The second-order valence-corrected chi connectivity index (χ2v) is 9.94. The van der Waals surface area contributed by atoms with Gasteiger partial charge in [0.15, 0.2) is 0 Å². The molecule has 1 unspecified atom stereocenters. The number of unbranched alkanes of at least 4 members (excludes halogenated alkanes) is 1. The molecule has 2 aromatic rings. The molecule has 0 aliphatic carbocycles. The third kappa shape index (κ3) is 14.4. The second kappa shape index (κ2) is 21.0. The van der Waals surface area contributed by atoms with Crippen LogP contribution in [0.5, 0.6) is 5.75 Å². The van der Waals surface area contributed by atoms with E-state index in [4.69, 9.17) is 4.74 Å². The zero-order valence-corrected chi connectivity index (χ0v) is 25.1. The minimum Gasteiger partial charge on any atom is -0.497 e. The van der Waals surface area contributed by atoms with E-state index < -0.39 is 0 Å². The van der Waals surface area contributed by atoms with Crippen LogP contribution < -0.4 is 15.4 Å². The Bertz CT molecular complexity index is 1210. The molecule has 0 aliphatic heterocycles. The predicted octanol–water partition coefficient (Wildman–Crippen LogP) is 8.11. The monoisotopic (exact) mass is 556 g/mol. The smallest absolute Gasteiger partial charge is 0.227 e. The van der Waals surface area contributed by atoms with Crippen LogP contribution in [0.3, 0.4) is 0 Å². The Morgan fingerprint density at radius 3 is 1.95 bits per heavy atom. The van der Waals surface area contributed by atoms with Crippen LogP contribution in [0.2, 0.25) is 0 Å². The van der Waals surface area contributed by atoms with Crippen molar-refractivity contribution >= 4 is 22.6 Å². The van der Waals surface area contributed by atoms with Crippen molar-refractivity contribution in [1.82, 2.24) is 10.6 Å². The van der Waals surface area contributed by atoms with Crippen molar-refractivity contribution in [1.29, 1.82) is 0 Å². The summed E-state index contributed by atoms with van der Waals surface area (Å²) in [5.74, 6) is 0.503. The number of hydrogen-bond acceptors (Lipinski definition) is 3. The fourth-order valence-electron chi connectivity index (χ4n) is 4.17. The van der Waals surface area contributed by atoms with Crippen molar-refractivity contribution in [2.24, 2.45) is 0 Å². The number of methoxy groups -OCH3 is 1. The number of carbonyl (C=O) groups excluding carboxylic acids is 2. The molecule has 0 fully saturated rings. The molecule has 1 atom stereocenters. The van der Waals surface area contributed by atoms with Gasteiger partial charge in [0, 0.05) is 19.5 Å². The summed E-state index contributed by atoms with van der Waals surface area (Å²) in [4.78, 5) is 24.7. The molecule has 2 aromatic carbocycles. The molecule has 0 aromatic heterocycles. The Hall–Kier alpha value is -3.86. The van der Waals surface area contributed by atoms with Crippen LogP contribution in [0.1, 0.15) is 76.7 Å². The Morgan fingerprint density at radius 1 is 0.756 bits per heavy atom. The zero-order valence-electron chi connectivity index (χ0n) is 25.1. The fraction of sp³-hybridized carbons (Fsp3) is 0.389. The lowest BCUT2D eigenvalue weighted by molar-refractivity contribution is -0.123. The first kappa shape index (κ1) is 33.3. The van der Waals surface area contributed by atoms with Gasteiger partial charge in [-0.3, -0.25) is 9.59 Å². The Kier molecular flexibility index (Phi) is 17.0. The fourth-order valence-corrected chi connectivity index (χ4v) is 4.17. The highest BCUT2D eigenvalue weighted by Crippen LogP contribution is 2.25. The van der Waals surface area contributed by atoms with Crippen molar-refractivity contribution in [3.63, 3.8) is 0 Å². The number of rotatable bonds is 19. The average Bonchev–Trinajstić information content (AvgIpc) is 2.99.